The number of carbonyl (C=O) groups is 1. The summed E-state index contributed by atoms with van der Waals surface area (Å²) in [4.78, 5) is 14.9. The van der Waals surface area contributed by atoms with Gasteiger partial charge in [0.1, 0.15) is 0 Å². The number of alkyl halides is 3. The van der Waals surface area contributed by atoms with Gasteiger partial charge >= 0.3 is 12.1 Å². The Hall–Kier alpha value is -2.08. The summed E-state index contributed by atoms with van der Waals surface area (Å²) >= 11 is 5.75. The van der Waals surface area contributed by atoms with Crippen LogP contribution in [-0.2, 0) is 6.18 Å². The molecule has 0 fully saturated rings. The van der Waals surface area contributed by atoms with Gasteiger partial charge in [-0.25, -0.2) is 4.79 Å². The zero-order valence-electron chi connectivity index (χ0n) is 9.78. The van der Waals surface area contributed by atoms with Gasteiger partial charge in [0, 0.05) is 18.0 Å². The first-order valence-corrected chi connectivity index (χ1v) is 5.73. The third-order valence-corrected chi connectivity index (χ3v) is 2.92. The highest BCUT2D eigenvalue weighted by atomic mass is 35.5. The molecule has 1 aromatic carbocycles. The molecular formula is C13H7ClF3NO2. The fourth-order valence-corrected chi connectivity index (χ4v) is 1.95. The van der Waals surface area contributed by atoms with E-state index in [0.29, 0.717) is 5.56 Å². The quantitative estimate of drug-likeness (QED) is 0.907. The van der Waals surface area contributed by atoms with E-state index >= 15 is 0 Å². The molecule has 104 valence electrons. The average molecular weight is 302 g/mol. The summed E-state index contributed by atoms with van der Waals surface area (Å²) in [6.45, 7) is 0. The van der Waals surface area contributed by atoms with Crippen molar-refractivity contribution in [2.24, 2.45) is 0 Å². The first kappa shape index (κ1) is 14.3. The van der Waals surface area contributed by atoms with Crippen LogP contribution in [0.25, 0.3) is 11.1 Å². The van der Waals surface area contributed by atoms with Crippen molar-refractivity contribution >= 4 is 17.6 Å². The normalized spacial score (nSPS) is 11.4. The van der Waals surface area contributed by atoms with Crippen LogP contribution in [0.5, 0.6) is 0 Å². The number of hydrogen-bond acceptors (Lipinski definition) is 2. The largest absolute Gasteiger partial charge is 0.478 e. The van der Waals surface area contributed by atoms with Crippen molar-refractivity contribution in [3.8, 4) is 11.1 Å². The smallest absolute Gasteiger partial charge is 0.416 e. The van der Waals surface area contributed by atoms with E-state index in [1.54, 1.807) is 0 Å². The van der Waals surface area contributed by atoms with Gasteiger partial charge in [0.25, 0.3) is 0 Å². The highest BCUT2D eigenvalue weighted by molar-refractivity contribution is 6.34. The Bertz CT molecular complexity index is 654. The Balaban J connectivity index is 2.53. The van der Waals surface area contributed by atoms with E-state index in [1.165, 1.54) is 24.5 Å². The van der Waals surface area contributed by atoms with Crippen molar-refractivity contribution in [2.75, 3.05) is 0 Å². The van der Waals surface area contributed by atoms with Gasteiger partial charge in [-0.15, -0.1) is 0 Å². The Morgan fingerprint density at radius 1 is 1.15 bits per heavy atom. The number of hydrogen-bond donors (Lipinski definition) is 1. The molecule has 0 saturated heterocycles. The lowest BCUT2D eigenvalue weighted by molar-refractivity contribution is -0.137. The zero-order valence-corrected chi connectivity index (χ0v) is 10.5. The molecular weight excluding hydrogens is 295 g/mol. The van der Waals surface area contributed by atoms with Crippen LogP contribution in [0.1, 0.15) is 15.9 Å². The van der Waals surface area contributed by atoms with Gasteiger partial charge in [-0.2, -0.15) is 13.2 Å². The number of aromatic carboxylic acids is 1. The van der Waals surface area contributed by atoms with Gasteiger partial charge in [-0.05, 0) is 17.7 Å². The Morgan fingerprint density at radius 3 is 2.25 bits per heavy atom. The predicted molar refractivity (Wildman–Crippen MR) is 66.6 cm³/mol. The summed E-state index contributed by atoms with van der Waals surface area (Å²) in [5, 5.41) is 9.03. The fourth-order valence-electron chi connectivity index (χ4n) is 1.71. The summed E-state index contributed by atoms with van der Waals surface area (Å²) in [7, 11) is 0. The molecule has 0 amide bonds. The van der Waals surface area contributed by atoms with E-state index in [1.807, 2.05) is 0 Å². The summed E-state index contributed by atoms with van der Waals surface area (Å²) in [6, 6.07) is 4.12. The average Bonchev–Trinajstić information content (AvgIpc) is 2.37. The number of benzene rings is 1. The van der Waals surface area contributed by atoms with Crippen molar-refractivity contribution in [1.82, 2.24) is 4.98 Å². The van der Waals surface area contributed by atoms with Gasteiger partial charge in [-0.1, -0.05) is 23.7 Å². The monoisotopic (exact) mass is 301 g/mol. The van der Waals surface area contributed by atoms with Gasteiger partial charge in [0.05, 0.1) is 16.1 Å². The third kappa shape index (κ3) is 2.75. The van der Waals surface area contributed by atoms with E-state index in [2.05, 4.69) is 4.98 Å². The van der Waals surface area contributed by atoms with Gasteiger partial charge in [0.15, 0.2) is 0 Å². The van der Waals surface area contributed by atoms with Crippen LogP contribution < -0.4 is 0 Å². The lowest BCUT2D eigenvalue weighted by atomic mass is 10.0. The molecule has 1 N–H and O–H groups in total. The number of aromatic nitrogens is 1. The molecule has 0 aliphatic carbocycles. The molecule has 1 heterocycles. The first-order chi connectivity index (χ1) is 9.30. The van der Waals surface area contributed by atoms with Gasteiger partial charge < -0.3 is 5.11 Å². The highest BCUT2D eigenvalue weighted by Crippen LogP contribution is 2.32. The molecule has 0 radical (unpaired) electrons. The van der Waals surface area contributed by atoms with Gasteiger partial charge in [-0.3, -0.25) is 4.98 Å². The van der Waals surface area contributed by atoms with Crippen LogP contribution in [0.2, 0.25) is 5.02 Å². The van der Waals surface area contributed by atoms with E-state index in [4.69, 9.17) is 16.7 Å². The number of pyridine rings is 1. The van der Waals surface area contributed by atoms with Crippen molar-refractivity contribution in [1.29, 1.82) is 0 Å². The summed E-state index contributed by atoms with van der Waals surface area (Å²) < 4.78 is 37.4. The molecule has 0 atom stereocenters. The number of carboxylic acids is 1. The minimum Gasteiger partial charge on any atom is -0.478 e. The zero-order chi connectivity index (χ0) is 14.9. The van der Waals surface area contributed by atoms with Crippen molar-refractivity contribution in [3.63, 3.8) is 0 Å². The standard InChI is InChI=1S/C13H7ClF3NO2/c14-10-6-18-5-9(11(10)12(19)20)7-1-3-8(4-2-7)13(15,16)17/h1-6H,(H,19,20). The van der Waals surface area contributed by atoms with Crippen molar-refractivity contribution in [3.05, 3.63) is 52.8 Å². The van der Waals surface area contributed by atoms with Crippen LogP contribution in [0.4, 0.5) is 13.2 Å². The molecule has 20 heavy (non-hydrogen) atoms. The molecule has 7 heteroatoms. The predicted octanol–water partition coefficient (Wildman–Crippen LogP) is 4.12. The topological polar surface area (TPSA) is 50.2 Å². The number of carboxylic acid groups (broad SMARTS) is 1. The Morgan fingerprint density at radius 2 is 1.75 bits per heavy atom. The van der Waals surface area contributed by atoms with Crippen LogP contribution in [-0.4, -0.2) is 16.1 Å². The van der Waals surface area contributed by atoms with E-state index in [-0.39, 0.29) is 16.1 Å². The van der Waals surface area contributed by atoms with Crippen LogP contribution in [0, 0.1) is 0 Å². The van der Waals surface area contributed by atoms with Crippen molar-refractivity contribution < 1.29 is 23.1 Å². The maximum atomic E-state index is 12.5. The SMILES string of the molecule is O=C(O)c1c(Cl)cncc1-c1ccc(C(F)(F)F)cc1. The van der Waals surface area contributed by atoms with E-state index in [0.717, 1.165) is 12.1 Å². The summed E-state index contributed by atoms with van der Waals surface area (Å²) in [6.07, 6.45) is -2.03. The lowest BCUT2D eigenvalue weighted by Gasteiger charge is -2.10. The minimum atomic E-state index is -4.44. The molecule has 0 spiro atoms. The summed E-state index contributed by atoms with van der Waals surface area (Å²) in [5.41, 5.74) is -0.543. The van der Waals surface area contributed by atoms with Crippen LogP contribution in [0.3, 0.4) is 0 Å². The van der Waals surface area contributed by atoms with Crippen molar-refractivity contribution in [2.45, 2.75) is 6.18 Å². The molecule has 2 aromatic rings. The number of halogens is 4. The second-order valence-electron chi connectivity index (χ2n) is 3.92. The van der Waals surface area contributed by atoms with E-state index in [9.17, 15) is 18.0 Å². The number of rotatable bonds is 2. The number of nitrogens with zero attached hydrogens (tertiary/aromatic N) is 1. The molecule has 0 aliphatic rings. The molecule has 0 aliphatic heterocycles. The molecule has 1 aromatic heterocycles. The molecule has 2 rings (SSSR count). The summed E-state index contributed by atoms with van der Waals surface area (Å²) in [5.74, 6) is -1.27. The third-order valence-electron chi connectivity index (χ3n) is 2.64. The molecule has 3 nitrogen and oxygen atoms in total. The van der Waals surface area contributed by atoms with Gasteiger partial charge in [0.2, 0.25) is 0 Å². The minimum absolute atomic E-state index is 0.0742. The molecule has 0 saturated carbocycles. The second-order valence-corrected chi connectivity index (χ2v) is 4.33. The Kier molecular flexibility index (Phi) is 3.67. The fraction of sp³-hybridized carbons (Fsp3) is 0.0769. The second kappa shape index (κ2) is 5.13. The van der Waals surface area contributed by atoms with Crippen LogP contribution in [0.15, 0.2) is 36.7 Å². The lowest BCUT2D eigenvalue weighted by Crippen LogP contribution is -2.05. The highest BCUT2D eigenvalue weighted by Gasteiger charge is 2.30. The Labute approximate surface area is 116 Å². The maximum absolute atomic E-state index is 12.5. The van der Waals surface area contributed by atoms with Crippen LogP contribution >= 0.6 is 11.6 Å². The maximum Gasteiger partial charge on any atom is 0.416 e. The molecule has 0 bridgehead atoms. The first-order valence-electron chi connectivity index (χ1n) is 5.35. The van der Waals surface area contributed by atoms with E-state index < -0.39 is 17.7 Å². The molecule has 0 unspecified atom stereocenters.